The van der Waals surface area contributed by atoms with Crippen molar-refractivity contribution in [3.63, 3.8) is 0 Å². The van der Waals surface area contributed by atoms with E-state index in [2.05, 4.69) is 0 Å². The minimum absolute atomic E-state index is 0.0590. The Kier molecular flexibility index (Phi) is 2.46. The molecule has 0 radical (unpaired) electrons. The van der Waals surface area contributed by atoms with Gasteiger partial charge in [-0.2, -0.15) is 0 Å². The predicted octanol–water partition coefficient (Wildman–Crippen LogP) is 4.22. The van der Waals surface area contributed by atoms with Crippen LogP contribution in [0.3, 0.4) is 0 Å². The Morgan fingerprint density at radius 3 is 2.52 bits per heavy atom. The van der Waals surface area contributed by atoms with Crippen molar-refractivity contribution in [2.75, 3.05) is 7.11 Å². The molecule has 0 saturated heterocycles. The number of rotatable bonds is 1. The van der Waals surface area contributed by atoms with Crippen molar-refractivity contribution < 1.29 is 23.2 Å². The van der Waals surface area contributed by atoms with Crippen LogP contribution in [0.2, 0.25) is 0 Å². The largest absolute Gasteiger partial charge is 0.587 e. The number of phenols is 1. The predicted molar refractivity (Wildman–Crippen MR) is 79.0 cm³/mol. The van der Waals surface area contributed by atoms with E-state index in [9.17, 15) is 9.67 Å². The quantitative estimate of drug-likeness (QED) is 0.538. The summed E-state index contributed by atoms with van der Waals surface area (Å²) in [6, 6.07) is 12.5. The maximum Gasteiger partial charge on any atom is 0.587 e. The molecule has 0 aliphatic carbocycles. The molecule has 0 bridgehead atoms. The zero-order chi connectivity index (χ0) is 14.6. The Hall–Kier alpha value is -2.23. The van der Waals surface area contributed by atoms with Gasteiger partial charge >= 0.3 is 7.82 Å². The van der Waals surface area contributed by atoms with Gasteiger partial charge in [-0.1, -0.05) is 24.3 Å². The molecule has 6 heteroatoms. The lowest BCUT2D eigenvalue weighted by Crippen LogP contribution is -2.08. The highest BCUT2D eigenvalue weighted by Crippen LogP contribution is 2.59. The highest BCUT2D eigenvalue weighted by Gasteiger charge is 2.36. The molecule has 1 unspecified atom stereocenters. The Labute approximate surface area is 120 Å². The molecule has 3 aromatic rings. The van der Waals surface area contributed by atoms with Gasteiger partial charge < -0.3 is 14.2 Å². The van der Waals surface area contributed by atoms with Crippen LogP contribution in [0.1, 0.15) is 0 Å². The summed E-state index contributed by atoms with van der Waals surface area (Å²) >= 11 is 0. The third-order valence-electron chi connectivity index (χ3n) is 3.54. The fraction of sp³-hybridized carbons (Fsp3) is 0.0667. The van der Waals surface area contributed by atoms with Crippen LogP contribution in [0.15, 0.2) is 42.5 Å². The number of benzene rings is 3. The standard InChI is InChI=1S/C15H11O5P/c1-18-21(17)19-12-7-3-5-10-8-9-4-2-6-11(16)13(9)15(20-21)14(10)12/h2-8,16H,1H3. The monoisotopic (exact) mass is 302 g/mol. The summed E-state index contributed by atoms with van der Waals surface area (Å²) in [7, 11) is -2.46. The van der Waals surface area contributed by atoms with Gasteiger partial charge in [-0.15, -0.1) is 0 Å². The van der Waals surface area contributed by atoms with Gasteiger partial charge in [0.2, 0.25) is 0 Å². The molecular weight excluding hydrogens is 291 g/mol. The molecule has 0 fully saturated rings. The molecule has 1 aliphatic heterocycles. The second-order valence-electron chi connectivity index (χ2n) is 4.75. The Morgan fingerprint density at radius 1 is 1.05 bits per heavy atom. The fourth-order valence-corrected chi connectivity index (χ4v) is 3.61. The van der Waals surface area contributed by atoms with Gasteiger partial charge in [-0.25, -0.2) is 4.57 Å². The van der Waals surface area contributed by atoms with Crippen LogP contribution >= 0.6 is 7.82 Å². The highest BCUT2D eigenvalue weighted by atomic mass is 31.2. The van der Waals surface area contributed by atoms with Gasteiger partial charge in [0.25, 0.3) is 0 Å². The molecule has 1 atom stereocenters. The van der Waals surface area contributed by atoms with Gasteiger partial charge in [0.1, 0.15) is 11.5 Å². The van der Waals surface area contributed by atoms with Gasteiger partial charge in [0.05, 0.1) is 10.8 Å². The van der Waals surface area contributed by atoms with E-state index in [0.717, 1.165) is 10.8 Å². The average molecular weight is 302 g/mol. The molecule has 0 saturated carbocycles. The second-order valence-corrected chi connectivity index (χ2v) is 6.37. The van der Waals surface area contributed by atoms with Crippen molar-refractivity contribution in [3.8, 4) is 17.2 Å². The minimum atomic E-state index is -3.72. The van der Waals surface area contributed by atoms with Gasteiger partial charge in [0, 0.05) is 7.11 Å². The molecule has 1 N–H and O–H groups in total. The smallest absolute Gasteiger partial charge is 0.507 e. The number of phosphoric acid groups is 1. The van der Waals surface area contributed by atoms with Crippen molar-refractivity contribution in [1.29, 1.82) is 0 Å². The average Bonchev–Trinajstić information content (AvgIpc) is 2.47. The maximum absolute atomic E-state index is 12.4. The zero-order valence-electron chi connectivity index (χ0n) is 11.1. The molecular formula is C15H11O5P. The molecule has 1 aliphatic rings. The van der Waals surface area contributed by atoms with E-state index in [1.807, 2.05) is 18.2 Å². The van der Waals surface area contributed by atoms with Crippen molar-refractivity contribution in [3.05, 3.63) is 42.5 Å². The van der Waals surface area contributed by atoms with Gasteiger partial charge in [0.15, 0.2) is 5.75 Å². The van der Waals surface area contributed by atoms with E-state index in [0.29, 0.717) is 22.3 Å². The normalized spacial score (nSPS) is 20.2. The van der Waals surface area contributed by atoms with Gasteiger partial charge in [-0.05, 0) is 29.0 Å². The van der Waals surface area contributed by atoms with E-state index in [4.69, 9.17) is 13.6 Å². The topological polar surface area (TPSA) is 65.0 Å². The fourth-order valence-electron chi connectivity index (χ4n) is 2.62. The molecule has 1 heterocycles. The van der Waals surface area contributed by atoms with Crippen LogP contribution < -0.4 is 9.05 Å². The van der Waals surface area contributed by atoms with Gasteiger partial charge in [-0.3, -0.25) is 4.52 Å². The van der Waals surface area contributed by atoms with Crippen LogP contribution in [0.5, 0.6) is 17.2 Å². The van der Waals surface area contributed by atoms with E-state index < -0.39 is 7.82 Å². The Morgan fingerprint density at radius 2 is 1.76 bits per heavy atom. The zero-order valence-corrected chi connectivity index (χ0v) is 12.0. The lowest BCUT2D eigenvalue weighted by Gasteiger charge is -2.25. The summed E-state index contributed by atoms with van der Waals surface area (Å²) < 4.78 is 28.1. The summed E-state index contributed by atoms with van der Waals surface area (Å²) in [6.07, 6.45) is 0. The number of fused-ring (bicyclic) bond motifs is 2. The number of hydrogen-bond donors (Lipinski definition) is 1. The molecule has 4 rings (SSSR count). The molecule has 0 aromatic heterocycles. The molecule has 0 amide bonds. The van der Waals surface area contributed by atoms with Crippen molar-refractivity contribution in [2.45, 2.75) is 0 Å². The summed E-state index contributed by atoms with van der Waals surface area (Å²) in [5.74, 6) is 0.806. The third kappa shape index (κ3) is 1.71. The van der Waals surface area contributed by atoms with Crippen LogP contribution in [0, 0.1) is 0 Å². The van der Waals surface area contributed by atoms with Crippen LogP contribution in [-0.4, -0.2) is 12.2 Å². The van der Waals surface area contributed by atoms with E-state index >= 15 is 0 Å². The molecule has 21 heavy (non-hydrogen) atoms. The lowest BCUT2D eigenvalue weighted by atomic mass is 10.0. The first kappa shape index (κ1) is 12.5. The maximum atomic E-state index is 12.4. The number of phenolic OH excluding ortho intramolecular Hbond substituents is 1. The SMILES string of the molecule is COP1(=O)Oc2cccc3cc4cccc(O)c4c(c23)O1. The van der Waals surface area contributed by atoms with Crippen molar-refractivity contribution >= 4 is 29.4 Å². The summed E-state index contributed by atoms with van der Waals surface area (Å²) in [4.78, 5) is 0. The molecule has 0 spiro atoms. The van der Waals surface area contributed by atoms with Crippen LogP contribution in [0.25, 0.3) is 21.5 Å². The van der Waals surface area contributed by atoms with E-state index in [1.54, 1.807) is 24.3 Å². The minimum Gasteiger partial charge on any atom is -0.507 e. The third-order valence-corrected chi connectivity index (χ3v) is 4.81. The summed E-state index contributed by atoms with van der Waals surface area (Å²) in [6.45, 7) is 0. The molecule has 106 valence electrons. The highest BCUT2D eigenvalue weighted by molar-refractivity contribution is 7.49. The van der Waals surface area contributed by atoms with E-state index in [-0.39, 0.29) is 5.75 Å². The second kappa shape index (κ2) is 4.13. The van der Waals surface area contributed by atoms with Crippen molar-refractivity contribution in [1.82, 2.24) is 0 Å². The first-order valence-electron chi connectivity index (χ1n) is 6.34. The molecule has 5 nitrogen and oxygen atoms in total. The Balaban J connectivity index is 2.22. The number of aromatic hydroxyl groups is 1. The number of phosphoric ester groups is 1. The Bertz CT molecular complexity index is 910. The van der Waals surface area contributed by atoms with Crippen LogP contribution in [-0.2, 0) is 9.09 Å². The lowest BCUT2D eigenvalue weighted by molar-refractivity contribution is 0.247. The summed E-state index contributed by atoms with van der Waals surface area (Å²) in [5.41, 5.74) is 0. The van der Waals surface area contributed by atoms with Crippen LogP contribution in [0.4, 0.5) is 0 Å². The first-order chi connectivity index (χ1) is 10.1. The summed E-state index contributed by atoms with van der Waals surface area (Å²) in [5, 5.41) is 13.0. The van der Waals surface area contributed by atoms with E-state index in [1.165, 1.54) is 7.11 Å². The first-order valence-corrected chi connectivity index (χ1v) is 7.80. The molecule has 3 aromatic carbocycles. The van der Waals surface area contributed by atoms with Crippen molar-refractivity contribution in [2.24, 2.45) is 0 Å². The number of hydrogen-bond acceptors (Lipinski definition) is 5.